The number of halogens is 1. The lowest BCUT2D eigenvalue weighted by molar-refractivity contribution is -0.141. The number of alkyl halides is 1. The molecule has 1 aliphatic heterocycles. The Balaban J connectivity index is 2.17. The normalized spacial score (nSPS) is 26.2. The van der Waals surface area contributed by atoms with E-state index >= 15 is 0 Å². The summed E-state index contributed by atoms with van der Waals surface area (Å²) in [5.41, 5.74) is 1.07. The summed E-state index contributed by atoms with van der Waals surface area (Å²) >= 11 is 2.25. The fourth-order valence-electron chi connectivity index (χ4n) is 1.71. The fraction of sp³-hybridized carbons (Fsp3) is 0.364. The molecule has 0 aromatic heterocycles. The van der Waals surface area contributed by atoms with Gasteiger partial charge in [-0.25, -0.2) is 0 Å². The molecule has 0 unspecified atom stereocenters. The van der Waals surface area contributed by atoms with Gasteiger partial charge in [-0.2, -0.15) is 0 Å². The number of carbonyl (C=O) groups excluding carboxylic acids is 1. The number of carbonyl (C=O) groups is 1. The molecular formula is C11H11IO2. The monoisotopic (exact) mass is 302 g/mol. The van der Waals surface area contributed by atoms with Gasteiger partial charge < -0.3 is 4.74 Å². The van der Waals surface area contributed by atoms with Crippen LogP contribution in [0.3, 0.4) is 0 Å². The molecule has 14 heavy (non-hydrogen) atoms. The van der Waals surface area contributed by atoms with Crippen molar-refractivity contribution in [1.29, 1.82) is 0 Å². The highest BCUT2D eigenvalue weighted by Gasteiger charge is 2.34. The average molecular weight is 302 g/mol. The van der Waals surface area contributed by atoms with Crippen LogP contribution < -0.4 is 0 Å². The SMILES string of the molecule is O=C1O[C@@H](CI)C[C@H]1c1ccccc1. The zero-order valence-electron chi connectivity index (χ0n) is 7.65. The van der Waals surface area contributed by atoms with Gasteiger partial charge in [0.1, 0.15) is 6.10 Å². The first kappa shape index (κ1) is 9.96. The number of hydrogen-bond donors (Lipinski definition) is 0. The average Bonchev–Trinajstić information content (AvgIpc) is 2.61. The zero-order valence-corrected chi connectivity index (χ0v) is 9.81. The Morgan fingerprint density at radius 2 is 2.07 bits per heavy atom. The zero-order chi connectivity index (χ0) is 9.97. The highest BCUT2D eigenvalue weighted by Crippen LogP contribution is 2.31. The molecule has 2 rings (SSSR count). The molecule has 0 spiro atoms. The summed E-state index contributed by atoms with van der Waals surface area (Å²) in [4.78, 5) is 11.5. The van der Waals surface area contributed by atoms with Crippen LogP contribution >= 0.6 is 22.6 Å². The third kappa shape index (κ3) is 1.92. The molecule has 74 valence electrons. The van der Waals surface area contributed by atoms with Crippen LogP contribution in [0, 0.1) is 0 Å². The van der Waals surface area contributed by atoms with Crippen molar-refractivity contribution in [1.82, 2.24) is 0 Å². The first-order valence-electron chi connectivity index (χ1n) is 4.62. The van der Waals surface area contributed by atoms with E-state index < -0.39 is 0 Å². The van der Waals surface area contributed by atoms with Gasteiger partial charge in [0.15, 0.2) is 0 Å². The van der Waals surface area contributed by atoms with Crippen molar-refractivity contribution in [3.05, 3.63) is 35.9 Å². The second-order valence-corrected chi connectivity index (χ2v) is 4.29. The van der Waals surface area contributed by atoms with E-state index in [1.807, 2.05) is 30.3 Å². The van der Waals surface area contributed by atoms with E-state index in [4.69, 9.17) is 4.74 Å². The van der Waals surface area contributed by atoms with Crippen molar-refractivity contribution in [3.8, 4) is 0 Å². The standard InChI is InChI=1S/C11H11IO2/c12-7-9-6-10(11(13)14-9)8-4-2-1-3-5-8/h1-5,9-10H,6-7H2/t9-,10+/m1/s1. The predicted octanol–water partition coefficient (Wildman–Crippen LogP) is 2.52. The maximum Gasteiger partial charge on any atom is 0.313 e. The lowest BCUT2D eigenvalue weighted by Crippen LogP contribution is -2.07. The molecule has 1 aromatic carbocycles. The van der Waals surface area contributed by atoms with E-state index in [0.717, 1.165) is 16.4 Å². The molecule has 0 aliphatic carbocycles. The van der Waals surface area contributed by atoms with Crippen LogP contribution in [0.4, 0.5) is 0 Å². The minimum Gasteiger partial charge on any atom is -0.461 e. The van der Waals surface area contributed by atoms with E-state index in [0.29, 0.717) is 0 Å². The van der Waals surface area contributed by atoms with Crippen LogP contribution in [0.1, 0.15) is 17.9 Å². The molecule has 0 amide bonds. The van der Waals surface area contributed by atoms with E-state index in [1.165, 1.54) is 0 Å². The van der Waals surface area contributed by atoms with Crippen LogP contribution in [-0.2, 0) is 9.53 Å². The van der Waals surface area contributed by atoms with Gasteiger partial charge in [-0.15, -0.1) is 0 Å². The Hall–Kier alpha value is -0.580. The molecule has 1 heterocycles. The predicted molar refractivity (Wildman–Crippen MR) is 62.6 cm³/mol. The van der Waals surface area contributed by atoms with Crippen LogP contribution in [-0.4, -0.2) is 16.5 Å². The molecule has 0 N–H and O–H groups in total. The van der Waals surface area contributed by atoms with Crippen molar-refractivity contribution in [2.24, 2.45) is 0 Å². The van der Waals surface area contributed by atoms with Gasteiger partial charge in [0.05, 0.1) is 5.92 Å². The largest absolute Gasteiger partial charge is 0.461 e. The van der Waals surface area contributed by atoms with Gasteiger partial charge in [0.2, 0.25) is 0 Å². The van der Waals surface area contributed by atoms with Gasteiger partial charge in [-0.05, 0) is 5.56 Å². The number of cyclic esters (lactones) is 1. The first-order chi connectivity index (χ1) is 6.81. The lowest BCUT2D eigenvalue weighted by atomic mass is 9.96. The third-order valence-corrected chi connectivity index (χ3v) is 3.42. The third-order valence-electron chi connectivity index (χ3n) is 2.44. The quantitative estimate of drug-likeness (QED) is 0.477. The van der Waals surface area contributed by atoms with E-state index in [2.05, 4.69) is 22.6 Å². The van der Waals surface area contributed by atoms with Crippen LogP contribution in [0.2, 0.25) is 0 Å². The molecule has 1 fully saturated rings. The number of rotatable bonds is 2. The molecule has 2 nitrogen and oxygen atoms in total. The summed E-state index contributed by atoms with van der Waals surface area (Å²) in [6.45, 7) is 0. The number of hydrogen-bond acceptors (Lipinski definition) is 2. The first-order valence-corrected chi connectivity index (χ1v) is 6.15. The molecule has 3 heteroatoms. The van der Waals surface area contributed by atoms with Crippen LogP contribution in [0.25, 0.3) is 0 Å². The van der Waals surface area contributed by atoms with Gasteiger partial charge in [0, 0.05) is 10.8 Å². The summed E-state index contributed by atoms with van der Waals surface area (Å²) in [6.07, 6.45) is 0.930. The van der Waals surface area contributed by atoms with Crippen molar-refractivity contribution in [2.45, 2.75) is 18.4 Å². The van der Waals surface area contributed by atoms with Crippen molar-refractivity contribution >= 4 is 28.6 Å². The van der Waals surface area contributed by atoms with Gasteiger partial charge in [-0.3, -0.25) is 4.79 Å². The maximum absolute atomic E-state index is 11.5. The van der Waals surface area contributed by atoms with Crippen LogP contribution in [0.15, 0.2) is 30.3 Å². The minimum absolute atomic E-state index is 0.0454. The number of esters is 1. The fourth-order valence-corrected chi connectivity index (χ4v) is 2.25. The summed E-state index contributed by atoms with van der Waals surface area (Å²) in [7, 11) is 0. The number of ether oxygens (including phenoxy) is 1. The summed E-state index contributed by atoms with van der Waals surface area (Å²) in [5, 5.41) is 0. The molecule has 1 aliphatic rings. The molecule has 1 saturated heterocycles. The van der Waals surface area contributed by atoms with E-state index in [9.17, 15) is 4.79 Å². The Morgan fingerprint density at radius 3 is 2.64 bits per heavy atom. The molecule has 0 bridgehead atoms. The van der Waals surface area contributed by atoms with Gasteiger partial charge >= 0.3 is 5.97 Å². The molecule has 0 radical (unpaired) electrons. The minimum atomic E-state index is -0.0714. The molecule has 2 atom stereocenters. The Morgan fingerprint density at radius 1 is 1.36 bits per heavy atom. The molecule has 0 saturated carbocycles. The van der Waals surface area contributed by atoms with Gasteiger partial charge in [0.25, 0.3) is 0 Å². The number of benzene rings is 1. The Labute approximate surface area is 96.8 Å². The summed E-state index contributed by atoms with van der Waals surface area (Å²) in [5.74, 6) is -0.117. The van der Waals surface area contributed by atoms with Crippen molar-refractivity contribution in [2.75, 3.05) is 4.43 Å². The summed E-state index contributed by atoms with van der Waals surface area (Å²) in [6, 6.07) is 9.85. The molecular weight excluding hydrogens is 291 g/mol. The second kappa shape index (κ2) is 4.29. The van der Waals surface area contributed by atoms with E-state index in [1.54, 1.807) is 0 Å². The Bertz CT molecular complexity index is 323. The second-order valence-electron chi connectivity index (χ2n) is 3.41. The molecule has 1 aromatic rings. The van der Waals surface area contributed by atoms with Crippen molar-refractivity contribution in [3.63, 3.8) is 0 Å². The topological polar surface area (TPSA) is 26.3 Å². The van der Waals surface area contributed by atoms with Crippen molar-refractivity contribution < 1.29 is 9.53 Å². The van der Waals surface area contributed by atoms with E-state index in [-0.39, 0.29) is 18.0 Å². The highest BCUT2D eigenvalue weighted by molar-refractivity contribution is 14.1. The Kier molecular flexibility index (Phi) is 3.05. The lowest BCUT2D eigenvalue weighted by Gasteiger charge is -2.04. The highest BCUT2D eigenvalue weighted by atomic mass is 127. The summed E-state index contributed by atoms with van der Waals surface area (Å²) < 4.78 is 6.11. The van der Waals surface area contributed by atoms with Crippen LogP contribution in [0.5, 0.6) is 0 Å². The smallest absolute Gasteiger partial charge is 0.313 e. The maximum atomic E-state index is 11.5. The van der Waals surface area contributed by atoms with Gasteiger partial charge in [-0.1, -0.05) is 52.9 Å².